The number of benzene rings is 4. The maximum absolute atomic E-state index is 14.0. The molecule has 0 bridgehead atoms. The minimum atomic E-state index is -1.20. The van der Waals surface area contributed by atoms with Crippen LogP contribution in [0.15, 0.2) is 115 Å². The standard InChI is InChI=1S/C28H24INO2/c29-26-19-11-10-14-23(26)20-32-28(24-15-6-2-7-16-24,21-30-25-17-8-3-9-18-25)27(31)22-12-4-1-5-13-22/h1-19,30H,20-21H2/t28-/m1/s1. The van der Waals surface area contributed by atoms with Gasteiger partial charge >= 0.3 is 0 Å². The molecule has 4 aromatic carbocycles. The summed E-state index contributed by atoms with van der Waals surface area (Å²) < 4.78 is 7.71. The zero-order chi connectivity index (χ0) is 22.2. The van der Waals surface area contributed by atoms with Crippen molar-refractivity contribution in [1.82, 2.24) is 0 Å². The number of anilines is 1. The predicted molar refractivity (Wildman–Crippen MR) is 138 cm³/mol. The van der Waals surface area contributed by atoms with E-state index in [1.165, 1.54) is 0 Å². The van der Waals surface area contributed by atoms with Gasteiger partial charge in [0.25, 0.3) is 0 Å². The van der Waals surface area contributed by atoms with Crippen LogP contribution in [-0.2, 0) is 16.9 Å². The van der Waals surface area contributed by atoms with Gasteiger partial charge in [0.1, 0.15) is 0 Å². The summed E-state index contributed by atoms with van der Waals surface area (Å²) in [4.78, 5) is 14.0. The predicted octanol–water partition coefficient (Wildman–Crippen LogP) is 6.70. The lowest BCUT2D eigenvalue weighted by Gasteiger charge is -2.34. The Labute approximate surface area is 202 Å². The molecule has 0 radical (unpaired) electrons. The van der Waals surface area contributed by atoms with E-state index in [1.807, 2.05) is 115 Å². The van der Waals surface area contributed by atoms with Crippen molar-refractivity contribution in [3.63, 3.8) is 0 Å². The number of ketones is 1. The molecule has 1 atom stereocenters. The molecule has 4 heteroatoms. The Bertz CT molecular complexity index is 1150. The first-order valence-corrected chi connectivity index (χ1v) is 11.6. The maximum Gasteiger partial charge on any atom is 0.201 e. The number of ether oxygens (including phenoxy) is 1. The van der Waals surface area contributed by atoms with E-state index in [4.69, 9.17) is 4.74 Å². The number of rotatable bonds is 9. The van der Waals surface area contributed by atoms with Gasteiger partial charge in [-0.05, 0) is 51.9 Å². The van der Waals surface area contributed by atoms with E-state index in [2.05, 4.69) is 27.9 Å². The minimum absolute atomic E-state index is 0.0707. The van der Waals surface area contributed by atoms with Crippen molar-refractivity contribution in [2.45, 2.75) is 12.2 Å². The Morgan fingerprint density at radius 2 is 1.31 bits per heavy atom. The summed E-state index contributed by atoms with van der Waals surface area (Å²) in [7, 11) is 0. The Hall–Kier alpha value is -2.96. The summed E-state index contributed by atoms with van der Waals surface area (Å²) in [6.07, 6.45) is 0. The van der Waals surface area contributed by atoms with Crippen LogP contribution in [0.3, 0.4) is 0 Å². The number of carbonyl (C=O) groups excluding carboxylic acids is 1. The SMILES string of the molecule is O=C(c1ccccc1)[C@](CNc1ccccc1)(OCc1ccccc1I)c1ccccc1. The zero-order valence-corrected chi connectivity index (χ0v) is 19.7. The van der Waals surface area contributed by atoms with Crippen molar-refractivity contribution in [1.29, 1.82) is 0 Å². The van der Waals surface area contributed by atoms with Gasteiger partial charge in [-0.15, -0.1) is 0 Å². The molecule has 0 saturated heterocycles. The van der Waals surface area contributed by atoms with Crippen molar-refractivity contribution in [2.24, 2.45) is 0 Å². The zero-order valence-electron chi connectivity index (χ0n) is 17.6. The maximum atomic E-state index is 14.0. The first kappa shape index (κ1) is 22.2. The molecule has 4 rings (SSSR count). The average Bonchev–Trinajstić information content (AvgIpc) is 2.86. The fraction of sp³-hybridized carbons (Fsp3) is 0.107. The van der Waals surface area contributed by atoms with Gasteiger partial charge < -0.3 is 10.1 Å². The fourth-order valence-electron chi connectivity index (χ4n) is 3.64. The molecule has 0 saturated carbocycles. The highest BCUT2D eigenvalue weighted by Crippen LogP contribution is 2.33. The van der Waals surface area contributed by atoms with Crippen LogP contribution in [0.2, 0.25) is 0 Å². The normalized spacial score (nSPS) is 12.7. The molecule has 160 valence electrons. The van der Waals surface area contributed by atoms with Crippen LogP contribution in [0.5, 0.6) is 0 Å². The molecule has 0 heterocycles. The van der Waals surface area contributed by atoms with Crippen molar-refractivity contribution in [2.75, 3.05) is 11.9 Å². The van der Waals surface area contributed by atoms with Crippen LogP contribution in [0.1, 0.15) is 21.5 Å². The van der Waals surface area contributed by atoms with Crippen LogP contribution in [0, 0.1) is 3.57 Å². The highest BCUT2D eigenvalue weighted by atomic mass is 127. The Kier molecular flexibility index (Phi) is 7.35. The fourth-order valence-corrected chi connectivity index (χ4v) is 4.19. The van der Waals surface area contributed by atoms with E-state index in [9.17, 15) is 4.79 Å². The highest BCUT2D eigenvalue weighted by molar-refractivity contribution is 14.1. The number of carbonyl (C=O) groups is 1. The molecular weight excluding hydrogens is 509 g/mol. The quantitative estimate of drug-likeness (QED) is 0.192. The molecule has 3 nitrogen and oxygen atoms in total. The van der Waals surface area contributed by atoms with E-state index in [-0.39, 0.29) is 5.78 Å². The van der Waals surface area contributed by atoms with Crippen LogP contribution in [0.4, 0.5) is 5.69 Å². The molecule has 0 aromatic heterocycles. The van der Waals surface area contributed by atoms with Crippen LogP contribution >= 0.6 is 22.6 Å². The van der Waals surface area contributed by atoms with Gasteiger partial charge in [0.15, 0.2) is 5.60 Å². The van der Waals surface area contributed by atoms with E-state index in [0.29, 0.717) is 18.7 Å². The van der Waals surface area contributed by atoms with E-state index in [0.717, 1.165) is 20.4 Å². The van der Waals surface area contributed by atoms with E-state index < -0.39 is 5.60 Å². The Morgan fingerprint density at radius 3 is 1.97 bits per heavy atom. The van der Waals surface area contributed by atoms with Gasteiger partial charge in [-0.25, -0.2) is 0 Å². The number of nitrogens with one attached hydrogen (secondary N) is 1. The summed E-state index contributed by atoms with van der Waals surface area (Å²) in [5, 5.41) is 3.44. The second-order valence-corrected chi connectivity index (χ2v) is 8.65. The Balaban J connectivity index is 1.77. The average molecular weight is 533 g/mol. The first-order chi connectivity index (χ1) is 15.7. The second-order valence-electron chi connectivity index (χ2n) is 7.49. The Morgan fingerprint density at radius 1 is 0.750 bits per heavy atom. The third-order valence-corrected chi connectivity index (χ3v) is 6.44. The summed E-state index contributed by atoms with van der Waals surface area (Å²) in [5.41, 5.74) is 2.23. The minimum Gasteiger partial charge on any atom is -0.381 e. The first-order valence-electron chi connectivity index (χ1n) is 10.5. The summed E-state index contributed by atoms with van der Waals surface area (Å²) >= 11 is 2.31. The molecule has 1 N–H and O–H groups in total. The van der Waals surface area contributed by atoms with E-state index in [1.54, 1.807) is 0 Å². The second kappa shape index (κ2) is 10.6. The van der Waals surface area contributed by atoms with Gasteiger partial charge in [-0.2, -0.15) is 0 Å². The lowest BCUT2D eigenvalue weighted by atomic mass is 9.85. The lowest BCUT2D eigenvalue weighted by Crippen LogP contribution is -2.45. The number of para-hydroxylation sites is 1. The molecule has 0 aliphatic heterocycles. The molecule has 0 aliphatic carbocycles. The van der Waals surface area contributed by atoms with E-state index >= 15 is 0 Å². The monoisotopic (exact) mass is 533 g/mol. The molecule has 0 unspecified atom stereocenters. The molecule has 0 fully saturated rings. The number of Topliss-reactive ketones (excluding diaryl/α,β-unsaturated/α-hetero) is 1. The van der Waals surface area contributed by atoms with Gasteiger partial charge in [-0.1, -0.05) is 97.1 Å². The molecule has 32 heavy (non-hydrogen) atoms. The largest absolute Gasteiger partial charge is 0.381 e. The van der Waals surface area contributed by atoms with Gasteiger partial charge in [0, 0.05) is 14.8 Å². The molecule has 4 aromatic rings. The molecular formula is C28H24INO2. The third-order valence-electron chi connectivity index (χ3n) is 5.39. The molecule has 0 spiro atoms. The smallest absolute Gasteiger partial charge is 0.201 e. The number of hydrogen-bond donors (Lipinski definition) is 1. The van der Waals surface area contributed by atoms with Crippen LogP contribution in [-0.4, -0.2) is 12.3 Å². The van der Waals surface area contributed by atoms with Crippen LogP contribution < -0.4 is 5.32 Å². The number of hydrogen-bond acceptors (Lipinski definition) is 3. The lowest BCUT2D eigenvalue weighted by molar-refractivity contribution is -0.0314. The van der Waals surface area contributed by atoms with Crippen molar-refractivity contribution >= 4 is 34.1 Å². The van der Waals surface area contributed by atoms with Crippen molar-refractivity contribution in [3.8, 4) is 0 Å². The van der Waals surface area contributed by atoms with Crippen molar-refractivity contribution in [3.05, 3.63) is 136 Å². The van der Waals surface area contributed by atoms with Gasteiger partial charge in [-0.3, -0.25) is 4.79 Å². The number of halogens is 1. The summed E-state index contributed by atoms with van der Waals surface area (Å²) in [6.45, 7) is 0.626. The third kappa shape index (κ3) is 5.09. The topological polar surface area (TPSA) is 38.3 Å². The highest BCUT2D eigenvalue weighted by Gasteiger charge is 2.42. The summed E-state index contributed by atoms with van der Waals surface area (Å²) in [5.74, 6) is -0.0707. The molecule has 0 amide bonds. The summed E-state index contributed by atoms with van der Waals surface area (Å²) in [6, 6.07) is 37.1. The molecule has 0 aliphatic rings. The van der Waals surface area contributed by atoms with Gasteiger partial charge in [0.2, 0.25) is 5.78 Å². The van der Waals surface area contributed by atoms with Gasteiger partial charge in [0.05, 0.1) is 13.2 Å². The van der Waals surface area contributed by atoms with Crippen molar-refractivity contribution < 1.29 is 9.53 Å². The van der Waals surface area contributed by atoms with Crippen LogP contribution in [0.25, 0.3) is 0 Å².